The molecule has 7 nitrogen and oxygen atoms in total. The van der Waals surface area contributed by atoms with Gasteiger partial charge in [-0.2, -0.15) is 0 Å². The number of anilines is 1. The van der Waals surface area contributed by atoms with E-state index in [0.717, 1.165) is 11.1 Å². The molecule has 2 aromatic heterocycles. The second kappa shape index (κ2) is 8.56. The molecule has 4 aromatic rings. The second-order valence-corrected chi connectivity index (χ2v) is 7.44. The third-order valence-corrected chi connectivity index (χ3v) is 5.29. The van der Waals surface area contributed by atoms with E-state index in [-0.39, 0.29) is 5.69 Å². The van der Waals surface area contributed by atoms with Gasteiger partial charge in [0.15, 0.2) is 16.6 Å². The van der Waals surface area contributed by atoms with Crippen molar-refractivity contribution < 1.29 is 18.8 Å². The number of thiazole rings is 1. The average Bonchev–Trinajstić information content (AvgIpc) is 3.44. The molecule has 0 spiro atoms. The average molecular weight is 442 g/mol. The van der Waals surface area contributed by atoms with Crippen LogP contribution in [0.15, 0.2) is 58.4 Å². The number of benzene rings is 2. The standard InChI is InChI=1S/C21H16ClN3O4S/c1-27-14-7-8-18(28-2)15(9-14)17-11-30-21(23-17)24-20(26)16-10-19(29-25-16)12-3-5-13(22)6-4-12/h3-11H,1-2H3,(H,23,24,26). The van der Waals surface area contributed by atoms with Crippen LogP contribution in [0.4, 0.5) is 5.13 Å². The summed E-state index contributed by atoms with van der Waals surface area (Å²) in [7, 11) is 3.18. The molecule has 2 heterocycles. The highest BCUT2D eigenvalue weighted by molar-refractivity contribution is 7.14. The Morgan fingerprint density at radius 2 is 1.90 bits per heavy atom. The number of ether oxygens (including phenoxy) is 2. The minimum absolute atomic E-state index is 0.149. The van der Waals surface area contributed by atoms with Crippen LogP contribution in [0.25, 0.3) is 22.6 Å². The number of hydrogen-bond donors (Lipinski definition) is 1. The third-order valence-electron chi connectivity index (χ3n) is 4.28. The van der Waals surface area contributed by atoms with Crippen LogP contribution in [0.2, 0.25) is 5.02 Å². The fourth-order valence-electron chi connectivity index (χ4n) is 2.76. The predicted octanol–water partition coefficient (Wildman–Crippen LogP) is 5.39. The molecule has 30 heavy (non-hydrogen) atoms. The SMILES string of the molecule is COc1ccc(OC)c(-c2csc(NC(=O)c3cc(-c4ccc(Cl)cc4)on3)n2)c1. The number of amides is 1. The van der Waals surface area contributed by atoms with Crippen LogP contribution in [0.3, 0.4) is 0 Å². The zero-order chi connectivity index (χ0) is 21.1. The molecular formula is C21H16ClN3O4S. The van der Waals surface area contributed by atoms with Crippen molar-refractivity contribution in [3.05, 3.63) is 64.6 Å². The highest BCUT2D eigenvalue weighted by Crippen LogP contribution is 2.35. The number of hydrogen-bond acceptors (Lipinski definition) is 7. The van der Waals surface area contributed by atoms with Crippen LogP contribution in [0, 0.1) is 0 Å². The van der Waals surface area contributed by atoms with Crippen LogP contribution in [-0.4, -0.2) is 30.3 Å². The topological polar surface area (TPSA) is 86.5 Å². The van der Waals surface area contributed by atoms with Crippen molar-refractivity contribution in [2.24, 2.45) is 0 Å². The first-order chi connectivity index (χ1) is 14.6. The molecule has 1 amide bonds. The number of aromatic nitrogens is 2. The molecule has 0 radical (unpaired) electrons. The molecule has 2 aromatic carbocycles. The fraction of sp³-hybridized carbons (Fsp3) is 0.0952. The number of rotatable bonds is 6. The summed E-state index contributed by atoms with van der Waals surface area (Å²) in [6, 6.07) is 14.1. The number of halogens is 1. The fourth-order valence-corrected chi connectivity index (χ4v) is 3.59. The molecule has 0 bridgehead atoms. The molecule has 0 aliphatic heterocycles. The van der Waals surface area contributed by atoms with Gasteiger partial charge in [0.2, 0.25) is 0 Å². The molecule has 0 atom stereocenters. The van der Waals surface area contributed by atoms with Crippen molar-refractivity contribution in [3.63, 3.8) is 0 Å². The summed E-state index contributed by atoms with van der Waals surface area (Å²) in [5.41, 5.74) is 2.34. The lowest BCUT2D eigenvalue weighted by atomic mass is 10.1. The van der Waals surface area contributed by atoms with Gasteiger partial charge in [-0.3, -0.25) is 10.1 Å². The zero-order valence-electron chi connectivity index (χ0n) is 16.0. The van der Waals surface area contributed by atoms with E-state index in [9.17, 15) is 4.79 Å². The van der Waals surface area contributed by atoms with Gasteiger partial charge in [-0.15, -0.1) is 11.3 Å². The number of nitrogens with zero attached hydrogens (tertiary/aromatic N) is 2. The zero-order valence-corrected chi connectivity index (χ0v) is 17.6. The molecular weight excluding hydrogens is 426 g/mol. The Hall–Kier alpha value is -3.36. The van der Waals surface area contributed by atoms with E-state index in [0.29, 0.717) is 33.1 Å². The van der Waals surface area contributed by atoms with Gasteiger partial charge >= 0.3 is 0 Å². The Morgan fingerprint density at radius 3 is 2.63 bits per heavy atom. The van der Waals surface area contributed by atoms with E-state index in [1.807, 2.05) is 11.4 Å². The minimum atomic E-state index is -0.419. The Morgan fingerprint density at radius 1 is 1.10 bits per heavy atom. The minimum Gasteiger partial charge on any atom is -0.497 e. The first-order valence-corrected chi connectivity index (χ1v) is 10.0. The molecule has 0 unspecified atom stereocenters. The summed E-state index contributed by atoms with van der Waals surface area (Å²) in [4.78, 5) is 17.0. The molecule has 1 N–H and O–H groups in total. The van der Waals surface area contributed by atoms with Gasteiger partial charge < -0.3 is 14.0 Å². The van der Waals surface area contributed by atoms with Crippen LogP contribution in [0.5, 0.6) is 11.5 Å². The Bertz CT molecular complexity index is 1190. The summed E-state index contributed by atoms with van der Waals surface area (Å²) < 4.78 is 16.0. The van der Waals surface area contributed by atoms with E-state index in [2.05, 4.69) is 15.5 Å². The molecule has 9 heteroatoms. The molecule has 152 valence electrons. The highest BCUT2D eigenvalue weighted by Gasteiger charge is 2.17. The van der Waals surface area contributed by atoms with Crippen molar-refractivity contribution in [1.82, 2.24) is 10.1 Å². The van der Waals surface area contributed by atoms with Gasteiger partial charge in [-0.25, -0.2) is 4.98 Å². The number of carbonyl (C=O) groups excluding carboxylic acids is 1. The van der Waals surface area contributed by atoms with Crippen molar-refractivity contribution in [3.8, 4) is 34.1 Å². The van der Waals surface area contributed by atoms with E-state index in [1.54, 1.807) is 56.7 Å². The van der Waals surface area contributed by atoms with Crippen LogP contribution >= 0.6 is 22.9 Å². The quantitative estimate of drug-likeness (QED) is 0.431. The lowest BCUT2D eigenvalue weighted by molar-refractivity contribution is 0.101. The van der Waals surface area contributed by atoms with Gasteiger partial charge in [0.1, 0.15) is 11.5 Å². The summed E-state index contributed by atoms with van der Waals surface area (Å²) in [5.74, 6) is 1.39. The van der Waals surface area contributed by atoms with Crippen molar-refractivity contribution in [2.45, 2.75) is 0 Å². The maximum atomic E-state index is 12.5. The molecule has 0 aliphatic carbocycles. The molecule has 0 aliphatic rings. The normalized spacial score (nSPS) is 10.6. The smallest absolute Gasteiger partial charge is 0.279 e. The van der Waals surface area contributed by atoms with Crippen LogP contribution in [-0.2, 0) is 0 Å². The van der Waals surface area contributed by atoms with Gasteiger partial charge in [0.25, 0.3) is 5.91 Å². The second-order valence-electron chi connectivity index (χ2n) is 6.14. The van der Waals surface area contributed by atoms with Gasteiger partial charge in [0, 0.05) is 27.6 Å². The lowest BCUT2D eigenvalue weighted by Crippen LogP contribution is -2.11. The number of nitrogens with one attached hydrogen (secondary N) is 1. The van der Waals surface area contributed by atoms with Gasteiger partial charge in [-0.05, 0) is 42.5 Å². The van der Waals surface area contributed by atoms with E-state index in [4.69, 9.17) is 25.6 Å². The Labute approximate surface area is 181 Å². The van der Waals surface area contributed by atoms with Crippen molar-refractivity contribution in [2.75, 3.05) is 19.5 Å². The Balaban J connectivity index is 1.52. The van der Waals surface area contributed by atoms with Crippen LogP contribution in [0.1, 0.15) is 10.5 Å². The maximum Gasteiger partial charge on any atom is 0.279 e. The number of methoxy groups -OCH3 is 2. The largest absolute Gasteiger partial charge is 0.497 e. The van der Waals surface area contributed by atoms with Gasteiger partial charge in [-0.1, -0.05) is 16.8 Å². The summed E-state index contributed by atoms with van der Waals surface area (Å²) in [6.45, 7) is 0. The van der Waals surface area contributed by atoms with Crippen molar-refractivity contribution >= 4 is 34.0 Å². The summed E-state index contributed by atoms with van der Waals surface area (Å²) >= 11 is 7.19. The predicted molar refractivity (Wildman–Crippen MR) is 116 cm³/mol. The van der Waals surface area contributed by atoms with Gasteiger partial charge in [0.05, 0.1) is 19.9 Å². The lowest BCUT2D eigenvalue weighted by Gasteiger charge is -2.08. The first kappa shape index (κ1) is 19.9. The summed E-state index contributed by atoms with van der Waals surface area (Å²) in [6.07, 6.45) is 0. The maximum absolute atomic E-state index is 12.5. The van der Waals surface area contributed by atoms with E-state index in [1.165, 1.54) is 11.3 Å². The highest BCUT2D eigenvalue weighted by atomic mass is 35.5. The summed E-state index contributed by atoms with van der Waals surface area (Å²) in [5, 5.41) is 9.46. The Kier molecular flexibility index (Phi) is 5.69. The molecule has 4 rings (SSSR count). The van der Waals surface area contributed by atoms with E-state index < -0.39 is 5.91 Å². The number of carbonyl (C=O) groups is 1. The first-order valence-electron chi connectivity index (χ1n) is 8.79. The molecule has 0 saturated heterocycles. The molecule has 0 fully saturated rings. The van der Waals surface area contributed by atoms with Crippen molar-refractivity contribution in [1.29, 1.82) is 0 Å². The molecule has 0 saturated carbocycles. The van der Waals surface area contributed by atoms with Crippen LogP contribution < -0.4 is 14.8 Å². The third kappa shape index (κ3) is 4.14. The monoisotopic (exact) mass is 441 g/mol. The van der Waals surface area contributed by atoms with E-state index >= 15 is 0 Å².